The topological polar surface area (TPSA) is 44.8 Å². The Bertz CT molecular complexity index is 1140. The number of benzene rings is 1. The molecule has 0 N–H and O–H groups in total. The highest BCUT2D eigenvalue weighted by Crippen LogP contribution is 2.66. The SMILES string of the molecule is CCCCCCCC[C@@H]1CC[C@@H]2[C@@H]3CC=C4C[C@@H](OC(=O)/C=C/c5ccc(OC)c(OC)c5)CC[C@]4(C)[C@@H]3CC[C@]12C. The lowest BCUT2D eigenvalue weighted by Gasteiger charge is -2.58. The third-order valence-corrected chi connectivity index (χ3v) is 12.3. The van der Waals surface area contributed by atoms with Crippen LogP contribution in [0.1, 0.15) is 123 Å². The van der Waals surface area contributed by atoms with E-state index >= 15 is 0 Å². The van der Waals surface area contributed by atoms with Crippen molar-refractivity contribution in [2.45, 2.75) is 123 Å². The maximum Gasteiger partial charge on any atom is 0.331 e. The molecule has 4 aliphatic rings. The average molecular weight is 577 g/mol. The molecule has 4 nitrogen and oxygen atoms in total. The zero-order valence-electron chi connectivity index (χ0n) is 27.1. The van der Waals surface area contributed by atoms with Crippen molar-refractivity contribution in [2.75, 3.05) is 14.2 Å². The number of carbonyl (C=O) groups is 1. The molecule has 0 radical (unpaired) electrons. The van der Waals surface area contributed by atoms with E-state index in [-0.39, 0.29) is 17.5 Å². The van der Waals surface area contributed by atoms with Gasteiger partial charge >= 0.3 is 5.97 Å². The largest absolute Gasteiger partial charge is 0.493 e. The second kappa shape index (κ2) is 13.6. The highest BCUT2D eigenvalue weighted by Gasteiger charge is 2.58. The molecule has 1 aromatic rings. The summed E-state index contributed by atoms with van der Waals surface area (Å²) in [6.45, 7) is 7.54. The summed E-state index contributed by atoms with van der Waals surface area (Å²) in [5.41, 5.74) is 3.29. The van der Waals surface area contributed by atoms with Crippen LogP contribution in [0.3, 0.4) is 0 Å². The smallest absolute Gasteiger partial charge is 0.331 e. The summed E-state index contributed by atoms with van der Waals surface area (Å²) in [4.78, 5) is 12.8. The Balaban J connectivity index is 1.16. The third kappa shape index (κ3) is 6.34. The van der Waals surface area contributed by atoms with Gasteiger partial charge in [0.25, 0.3) is 0 Å². The second-order valence-corrected chi connectivity index (χ2v) is 14.4. The lowest BCUT2D eigenvalue weighted by atomic mass is 9.47. The zero-order valence-corrected chi connectivity index (χ0v) is 27.1. The van der Waals surface area contributed by atoms with Gasteiger partial charge in [-0.1, -0.05) is 77.0 Å². The maximum atomic E-state index is 12.8. The van der Waals surface area contributed by atoms with Gasteiger partial charge in [-0.15, -0.1) is 0 Å². The fourth-order valence-electron chi connectivity index (χ4n) is 9.81. The van der Waals surface area contributed by atoms with E-state index in [1.807, 2.05) is 18.2 Å². The molecule has 3 saturated carbocycles. The van der Waals surface area contributed by atoms with Crippen LogP contribution in [0.25, 0.3) is 6.08 Å². The zero-order chi connectivity index (χ0) is 29.7. The minimum Gasteiger partial charge on any atom is -0.493 e. The molecular formula is C38H56O4. The number of fused-ring (bicyclic) bond motifs is 5. The number of allylic oxidation sites excluding steroid dienone is 1. The molecule has 0 unspecified atom stereocenters. The predicted octanol–water partition coefficient (Wildman–Crippen LogP) is 9.96. The fourth-order valence-corrected chi connectivity index (χ4v) is 9.81. The monoisotopic (exact) mass is 576 g/mol. The van der Waals surface area contributed by atoms with Crippen molar-refractivity contribution in [2.24, 2.45) is 34.5 Å². The summed E-state index contributed by atoms with van der Waals surface area (Å²) in [5, 5.41) is 0. The number of unbranched alkanes of at least 4 members (excludes halogenated alkanes) is 5. The summed E-state index contributed by atoms with van der Waals surface area (Å²) >= 11 is 0. The normalized spacial score (nSPS) is 33.8. The van der Waals surface area contributed by atoms with Crippen molar-refractivity contribution < 1.29 is 19.0 Å². The van der Waals surface area contributed by atoms with Crippen LogP contribution in [0.5, 0.6) is 11.5 Å². The van der Waals surface area contributed by atoms with E-state index in [0.29, 0.717) is 16.9 Å². The number of hydrogen-bond donors (Lipinski definition) is 0. The molecule has 0 aromatic heterocycles. The first kappa shape index (κ1) is 31.2. The Hall–Kier alpha value is -2.23. The maximum absolute atomic E-state index is 12.8. The molecule has 0 heterocycles. The quantitative estimate of drug-likeness (QED) is 0.107. The summed E-state index contributed by atoms with van der Waals surface area (Å²) in [7, 11) is 3.24. The van der Waals surface area contributed by atoms with E-state index in [4.69, 9.17) is 14.2 Å². The molecule has 3 fully saturated rings. The average Bonchev–Trinajstić information content (AvgIpc) is 3.33. The molecule has 4 heteroatoms. The van der Waals surface area contributed by atoms with Gasteiger partial charge in [-0.3, -0.25) is 0 Å². The van der Waals surface area contributed by atoms with Gasteiger partial charge in [-0.2, -0.15) is 0 Å². The van der Waals surface area contributed by atoms with Crippen molar-refractivity contribution in [1.82, 2.24) is 0 Å². The van der Waals surface area contributed by atoms with Crippen molar-refractivity contribution in [3.8, 4) is 11.5 Å². The van der Waals surface area contributed by atoms with Crippen LogP contribution in [0.15, 0.2) is 35.9 Å². The Morgan fingerprint density at radius 3 is 2.50 bits per heavy atom. The molecule has 0 spiro atoms. The molecule has 0 aliphatic heterocycles. The summed E-state index contributed by atoms with van der Waals surface area (Å²) in [6, 6.07) is 5.63. The number of methoxy groups -OCH3 is 2. The van der Waals surface area contributed by atoms with Crippen molar-refractivity contribution >= 4 is 12.0 Å². The Morgan fingerprint density at radius 1 is 0.929 bits per heavy atom. The van der Waals surface area contributed by atoms with Gasteiger partial charge in [0, 0.05) is 12.5 Å². The molecule has 5 rings (SSSR count). The highest BCUT2D eigenvalue weighted by atomic mass is 16.5. The number of esters is 1. The van der Waals surface area contributed by atoms with E-state index in [1.165, 1.54) is 77.0 Å². The van der Waals surface area contributed by atoms with Crippen LogP contribution in [-0.2, 0) is 9.53 Å². The molecule has 0 amide bonds. The molecule has 232 valence electrons. The molecular weight excluding hydrogens is 520 g/mol. The van der Waals surface area contributed by atoms with Gasteiger partial charge in [0.15, 0.2) is 11.5 Å². The molecule has 42 heavy (non-hydrogen) atoms. The second-order valence-electron chi connectivity index (χ2n) is 14.4. The highest BCUT2D eigenvalue weighted by molar-refractivity contribution is 5.87. The molecule has 0 bridgehead atoms. The van der Waals surface area contributed by atoms with Gasteiger partial charge in [-0.05, 0) is 110 Å². The van der Waals surface area contributed by atoms with Gasteiger partial charge in [0.2, 0.25) is 0 Å². The molecule has 0 saturated heterocycles. The van der Waals surface area contributed by atoms with Crippen LogP contribution < -0.4 is 9.47 Å². The van der Waals surface area contributed by atoms with Crippen molar-refractivity contribution in [3.63, 3.8) is 0 Å². The van der Waals surface area contributed by atoms with Crippen LogP contribution in [0, 0.1) is 34.5 Å². The van der Waals surface area contributed by atoms with Crippen molar-refractivity contribution in [3.05, 3.63) is 41.5 Å². The standard InChI is InChI=1S/C38H56O4/c1-6-7-8-9-10-11-12-28-16-18-32-31-17-15-29-26-30(21-23-38(29,3)33(31)22-24-37(28,32)2)42-36(39)20-14-27-13-19-34(40-4)35(25-27)41-5/h13-15,19-20,25,28,30-33H,6-12,16-18,21-24,26H2,1-5H3/b20-14+/t28-,30+,31+,32-,33-,37-,38+/m1/s1. The number of carbonyl (C=O) groups excluding carboxylic acids is 1. The lowest BCUT2D eigenvalue weighted by Crippen LogP contribution is -2.50. The van der Waals surface area contributed by atoms with Crippen molar-refractivity contribution in [1.29, 1.82) is 0 Å². The van der Waals surface area contributed by atoms with Gasteiger partial charge in [0.1, 0.15) is 6.10 Å². The van der Waals surface area contributed by atoms with Crippen LogP contribution >= 0.6 is 0 Å². The molecule has 7 atom stereocenters. The fraction of sp³-hybridized carbons (Fsp3) is 0.711. The Kier molecular flexibility index (Phi) is 10.1. The van der Waals surface area contributed by atoms with E-state index < -0.39 is 0 Å². The van der Waals surface area contributed by atoms with E-state index in [2.05, 4.69) is 26.8 Å². The van der Waals surface area contributed by atoms with Gasteiger partial charge in [-0.25, -0.2) is 4.79 Å². The summed E-state index contributed by atoms with van der Waals surface area (Å²) in [5.74, 6) is 4.54. The van der Waals surface area contributed by atoms with E-state index in [0.717, 1.165) is 48.5 Å². The predicted molar refractivity (Wildman–Crippen MR) is 172 cm³/mol. The Morgan fingerprint density at radius 2 is 1.71 bits per heavy atom. The Labute approximate surface area is 255 Å². The first-order chi connectivity index (χ1) is 20.3. The number of hydrogen-bond acceptors (Lipinski definition) is 4. The summed E-state index contributed by atoms with van der Waals surface area (Å²) < 4.78 is 16.7. The third-order valence-electron chi connectivity index (χ3n) is 12.3. The summed E-state index contributed by atoms with van der Waals surface area (Å²) in [6.07, 6.45) is 25.8. The molecule has 4 aliphatic carbocycles. The van der Waals surface area contributed by atoms with Gasteiger partial charge < -0.3 is 14.2 Å². The minimum absolute atomic E-state index is 0.0227. The van der Waals surface area contributed by atoms with Crippen LogP contribution in [0.2, 0.25) is 0 Å². The van der Waals surface area contributed by atoms with Crippen LogP contribution in [-0.4, -0.2) is 26.3 Å². The van der Waals surface area contributed by atoms with E-state index in [9.17, 15) is 4.79 Å². The lowest BCUT2D eigenvalue weighted by molar-refractivity contribution is -0.145. The van der Waals surface area contributed by atoms with Crippen LogP contribution in [0.4, 0.5) is 0 Å². The van der Waals surface area contributed by atoms with E-state index in [1.54, 1.807) is 31.9 Å². The molecule has 1 aromatic carbocycles. The number of rotatable bonds is 12. The minimum atomic E-state index is -0.261. The number of ether oxygens (including phenoxy) is 3. The van der Waals surface area contributed by atoms with Gasteiger partial charge in [0.05, 0.1) is 14.2 Å². The first-order valence-electron chi connectivity index (χ1n) is 17.1. The first-order valence-corrected chi connectivity index (χ1v) is 17.1.